The second-order valence-electron chi connectivity index (χ2n) is 15.1. The summed E-state index contributed by atoms with van der Waals surface area (Å²) in [7, 11) is 3.82. The number of benzene rings is 2. The van der Waals surface area contributed by atoms with E-state index in [-0.39, 0.29) is 67.1 Å². The molecule has 1 saturated carbocycles. The molecule has 2 aromatic heterocycles. The van der Waals surface area contributed by atoms with E-state index in [0.717, 1.165) is 15.4 Å². The Kier molecular flexibility index (Phi) is 12.3. The lowest BCUT2D eigenvalue weighted by atomic mass is 9.94. The van der Waals surface area contributed by atoms with E-state index >= 15 is 0 Å². The molecule has 60 heavy (non-hydrogen) atoms. The van der Waals surface area contributed by atoms with Gasteiger partial charge in [-0.3, -0.25) is 24.0 Å². The number of amides is 5. The van der Waals surface area contributed by atoms with E-state index in [1.54, 1.807) is 46.2 Å². The molecule has 4 heterocycles. The second kappa shape index (κ2) is 17.6. The summed E-state index contributed by atoms with van der Waals surface area (Å²) < 4.78 is 36.2. The summed E-state index contributed by atoms with van der Waals surface area (Å²) in [5, 5.41) is 9.33. The summed E-state index contributed by atoms with van der Waals surface area (Å²) in [6, 6.07) is 18.6. The molecule has 0 spiro atoms. The van der Waals surface area contributed by atoms with E-state index in [9.17, 15) is 32.8 Å². The number of aryl methyl sites for hydroxylation is 2. The summed E-state index contributed by atoms with van der Waals surface area (Å²) in [5.74, 6) is -1.08. The predicted octanol–water partition coefficient (Wildman–Crippen LogP) is 4.88. The largest absolute Gasteiger partial charge is 0.586 e. The van der Waals surface area contributed by atoms with Gasteiger partial charge in [0.1, 0.15) is 12.4 Å². The molecule has 0 bridgehead atoms. The number of nitrogens with one attached hydrogen (secondary N) is 3. The van der Waals surface area contributed by atoms with Crippen molar-refractivity contribution in [3.8, 4) is 22.8 Å². The molecule has 0 unspecified atom stereocenters. The average Bonchev–Trinajstić information content (AvgIpc) is 3.79. The smallest absolute Gasteiger partial charge is 0.395 e. The molecule has 1 saturated heterocycles. The molecular formula is C43H45F2N7O7S. The zero-order chi connectivity index (χ0) is 42.6. The Morgan fingerprint density at radius 3 is 2.50 bits per heavy atom. The van der Waals surface area contributed by atoms with Gasteiger partial charge in [-0.15, -0.1) is 20.1 Å². The molecule has 2 aliphatic heterocycles. The predicted molar refractivity (Wildman–Crippen MR) is 221 cm³/mol. The second-order valence-corrected chi connectivity index (χ2v) is 16.3. The molecule has 7 rings (SSSR count). The van der Waals surface area contributed by atoms with Gasteiger partial charge in [-0.1, -0.05) is 30.3 Å². The molecule has 1 aliphatic carbocycles. The maximum absolute atomic E-state index is 13.6. The van der Waals surface area contributed by atoms with Crippen molar-refractivity contribution in [2.24, 2.45) is 0 Å². The van der Waals surface area contributed by atoms with Gasteiger partial charge < -0.3 is 40.1 Å². The molecule has 5 amide bonds. The minimum Gasteiger partial charge on any atom is -0.395 e. The Labute approximate surface area is 349 Å². The highest BCUT2D eigenvalue weighted by atomic mass is 32.1. The number of ether oxygens (including phenoxy) is 2. The van der Waals surface area contributed by atoms with Gasteiger partial charge in [0.25, 0.3) is 5.91 Å². The summed E-state index contributed by atoms with van der Waals surface area (Å²) in [4.78, 5) is 75.4. The van der Waals surface area contributed by atoms with Crippen molar-refractivity contribution in [2.45, 2.75) is 44.3 Å². The van der Waals surface area contributed by atoms with Crippen molar-refractivity contribution in [3.63, 3.8) is 0 Å². The number of fused-ring (bicyclic) bond motifs is 1. The lowest BCUT2D eigenvalue weighted by Crippen LogP contribution is -2.51. The number of piperazine rings is 1. The SMILES string of the molecule is Cc1ccc(NC(=O)C2(c3ccc4c(c3)OC(F)(F)O4)CC2)nc1-c1cccc(C(=O)NCCNC(=O)CCc2ccc(N3CCN(C(=O)/C=C/CN(C)C)CC3=O)s2)c1. The third kappa shape index (κ3) is 9.80. The van der Waals surface area contributed by atoms with Crippen LogP contribution in [0.25, 0.3) is 11.3 Å². The molecule has 0 radical (unpaired) electrons. The van der Waals surface area contributed by atoms with Crippen LogP contribution < -0.4 is 30.3 Å². The molecule has 2 fully saturated rings. The number of carbonyl (C=O) groups excluding carboxylic acids is 5. The molecular weight excluding hydrogens is 797 g/mol. The summed E-state index contributed by atoms with van der Waals surface area (Å²) >= 11 is 1.45. The number of likely N-dealkylation sites (N-methyl/N-ethyl adjacent to an activating group) is 1. The fraction of sp³-hybridized carbons (Fsp3) is 0.349. The van der Waals surface area contributed by atoms with Crippen molar-refractivity contribution in [3.05, 3.63) is 100 Å². The van der Waals surface area contributed by atoms with Crippen LogP contribution in [-0.2, 0) is 31.0 Å². The van der Waals surface area contributed by atoms with E-state index in [1.807, 2.05) is 50.2 Å². The average molecular weight is 842 g/mol. The lowest BCUT2D eigenvalue weighted by Gasteiger charge is -2.33. The van der Waals surface area contributed by atoms with Crippen LogP contribution in [0.4, 0.5) is 19.6 Å². The Hall–Kier alpha value is -6.20. The van der Waals surface area contributed by atoms with Gasteiger partial charge in [-0.2, -0.15) is 0 Å². The summed E-state index contributed by atoms with van der Waals surface area (Å²) in [5.41, 5.74) is 2.05. The maximum atomic E-state index is 13.6. The monoisotopic (exact) mass is 841 g/mol. The van der Waals surface area contributed by atoms with E-state index in [0.29, 0.717) is 67.1 Å². The van der Waals surface area contributed by atoms with Crippen LogP contribution in [0.2, 0.25) is 0 Å². The van der Waals surface area contributed by atoms with Crippen LogP contribution in [0.5, 0.6) is 11.5 Å². The Balaban J connectivity index is 0.856. The highest BCUT2D eigenvalue weighted by Gasteiger charge is 2.53. The van der Waals surface area contributed by atoms with Gasteiger partial charge in [0.05, 0.1) is 16.1 Å². The van der Waals surface area contributed by atoms with Gasteiger partial charge in [-0.05, 0) is 93.9 Å². The number of nitrogens with zero attached hydrogens (tertiary/aromatic N) is 4. The summed E-state index contributed by atoms with van der Waals surface area (Å²) in [6.07, 6.45) is 1.30. The summed E-state index contributed by atoms with van der Waals surface area (Å²) in [6.45, 7) is 3.78. The molecule has 4 aromatic rings. The Morgan fingerprint density at radius 2 is 1.73 bits per heavy atom. The third-order valence-corrected chi connectivity index (χ3v) is 11.6. The number of hydrogen-bond donors (Lipinski definition) is 3. The minimum absolute atomic E-state index is 0.0130. The molecule has 0 atom stereocenters. The normalized spacial score (nSPS) is 16.3. The number of rotatable bonds is 15. The van der Waals surface area contributed by atoms with Crippen molar-refractivity contribution in [1.82, 2.24) is 25.4 Å². The van der Waals surface area contributed by atoms with E-state index in [2.05, 4.69) is 25.4 Å². The Bertz CT molecular complexity index is 2350. The molecule has 14 nitrogen and oxygen atoms in total. The lowest BCUT2D eigenvalue weighted by molar-refractivity contribution is -0.286. The fourth-order valence-electron chi connectivity index (χ4n) is 6.97. The highest BCUT2D eigenvalue weighted by molar-refractivity contribution is 7.16. The molecule has 17 heteroatoms. The number of hydrogen-bond acceptors (Lipinski definition) is 10. The van der Waals surface area contributed by atoms with Crippen molar-refractivity contribution in [2.75, 3.05) is 63.6 Å². The van der Waals surface area contributed by atoms with Gasteiger partial charge in [0.2, 0.25) is 23.6 Å². The zero-order valence-corrected chi connectivity index (χ0v) is 34.2. The quantitative estimate of drug-likeness (QED) is 0.112. The minimum atomic E-state index is -3.75. The maximum Gasteiger partial charge on any atom is 0.586 e. The zero-order valence-electron chi connectivity index (χ0n) is 33.4. The molecule has 3 aliphatic rings. The number of aromatic nitrogens is 1. The third-order valence-electron chi connectivity index (χ3n) is 10.4. The van der Waals surface area contributed by atoms with Crippen LogP contribution in [0.3, 0.4) is 0 Å². The Morgan fingerprint density at radius 1 is 0.950 bits per heavy atom. The van der Waals surface area contributed by atoms with Gasteiger partial charge in [0, 0.05) is 61.2 Å². The number of halogens is 2. The number of anilines is 2. The van der Waals surface area contributed by atoms with Gasteiger partial charge in [-0.25, -0.2) is 4.98 Å². The highest BCUT2D eigenvalue weighted by Crippen LogP contribution is 2.52. The number of alkyl halides is 2. The van der Waals surface area contributed by atoms with Crippen LogP contribution in [0.15, 0.2) is 78.9 Å². The van der Waals surface area contributed by atoms with Crippen molar-refractivity contribution >= 4 is 51.7 Å². The van der Waals surface area contributed by atoms with E-state index in [1.165, 1.54) is 29.5 Å². The first-order chi connectivity index (χ1) is 28.7. The fourth-order valence-corrected chi connectivity index (χ4v) is 8.02. The molecule has 3 N–H and O–H groups in total. The topological polar surface area (TPSA) is 163 Å². The van der Waals surface area contributed by atoms with Crippen molar-refractivity contribution in [1.29, 1.82) is 0 Å². The first-order valence-corrected chi connectivity index (χ1v) is 20.4. The van der Waals surface area contributed by atoms with Crippen LogP contribution in [0, 0.1) is 6.92 Å². The number of pyridine rings is 1. The van der Waals surface area contributed by atoms with Crippen molar-refractivity contribution < 1.29 is 42.2 Å². The van der Waals surface area contributed by atoms with Gasteiger partial charge in [0.15, 0.2) is 11.5 Å². The standard InChI is InChI=1S/C43H45F2N7O7S/c1-27-9-14-34(49-41(57)42(17-18-42)30-10-13-32-33(25-30)59-43(44,45)58-32)48-39(27)28-6-4-7-29(24-28)40(56)47-20-19-46-35(53)15-11-31-12-16-38(60-31)52-23-22-51(26-37(52)55)36(54)8-5-21-50(2)3/h4-10,12-14,16,24-25H,11,15,17-23,26H2,1-3H3,(H,46,53)(H,47,56)(H,48,49,57)/b8-5+. The van der Waals surface area contributed by atoms with E-state index in [4.69, 9.17) is 4.98 Å². The number of carbonyl (C=O) groups is 5. The van der Waals surface area contributed by atoms with Crippen LogP contribution in [-0.4, -0.2) is 104 Å². The van der Waals surface area contributed by atoms with Gasteiger partial charge >= 0.3 is 6.29 Å². The first kappa shape index (κ1) is 41.9. The van der Waals surface area contributed by atoms with Crippen LogP contribution >= 0.6 is 11.3 Å². The van der Waals surface area contributed by atoms with Crippen LogP contribution in [0.1, 0.15) is 45.6 Å². The molecule has 314 valence electrons. The first-order valence-electron chi connectivity index (χ1n) is 19.5. The number of thiophene rings is 1. The molecule has 2 aromatic carbocycles. The van der Waals surface area contributed by atoms with E-state index < -0.39 is 11.7 Å².